The Morgan fingerprint density at radius 2 is 1.89 bits per heavy atom. The van der Waals surface area contributed by atoms with Crippen LogP contribution in [0.3, 0.4) is 0 Å². The van der Waals surface area contributed by atoms with Gasteiger partial charge in [0.1, 0.15) is 11.4 Å². The molecule has 2 amide bonds. The van der Waals surface area contributed by atoms with Crippen LogP contribution in [-0.2, 0) is 10.3 Å². The van der Waals surface area contributed by atoms with Crippen LogP contribution in [0.4, 0.5) is 4.39 Å². The number of hydrogen-bond acceptors (Lipinski definition) is 3. The van der Waals surface area contributed by atoms with E-state index in [2.05, 4.69) is 10.4 Å². The van der Waals surface area contributed by atoms with Gasteiger partial charge in [0.2, 0.25) is 5.91 Å². The fourth-order valence-corrected chi connectivity index (χ4v) is 3.66. The molecule has 1 aliphatic heterocycles. The molecule has 6 nitrogen and oxygen atoms in total. The van der Waals surface area contributed by atoms with Crippen molar-refractivity contribution < 1.29 is 14.0 Å². The summed E-state index contributed by atoms with van der Waals surface area (Å²) < 4.78 is 14.8. The minimum absolute atomic E-state index is 0.0213. The van der Waals surface area contributed by atoms with Crippen LogP contribution in [0.2, 0.25) is 0 Å². The summed E-state index contributed by atoms with van der Waals surface area (Å²) in [5.74, 6) is 0.0772. The summed E-state index contributed by atoms with van der Waals surface area (Å²) in [6, 6.07) is 7.38. The van der Waals surface area contributed by atoms with Gasteiger partial charge in [0.25, 0.3) is 5.91 Å². The molecule has 2 heterocycles. The number of halogens is 1. The number of hydrogen-bond donors (Lipinski definition) is 1. The Labute approximate surface area is 157 Å². The molecule has 1 aromatic carbocycles. The summed E-state index contributed by atoms with van der Waals surface area (Å²) >= 11 is 0. The van der Waals surface area contributed by atoms with Crippen molar-refractivity contribution in [1.29, 1.82) is 0 Å². The lowest BCUT2D eigenvalue weighted by Crippen LogP contribution is -2.56. The van der Waals surface area contributed by atoms with Crippen LogP contribution in [0.1, 0.15) is 36.0 Å². The first-order valence-corrected chi connectivity index (χ1v) is 9.42. The third-order valence-electron chi connectivity index (χ3n) is 5.58. The molecule has 2 fully saturated rings. The molecule has 0 unspecified atom stereocenters. The monoisotopic (exact) mass is 370 g/mol. The smallest absolute Gasteiger partial charge is 0.253 e. The van der Waals surface area contributed by atoms with E-state index in [4.69, 9.17) is 0 Å². The second-order valence-corrected chi connectivity index (χ2v) is 7.43. The lowest BCUT2D eigenvalue weighted by atomic mass is 9.86. The van der Waals surface area contributed by atoms with Gasteiger partial charge in [0, 0.05) is 37.6 Å². The highest BCUT2D eigenvalue weighted by molar-refractivity contribution is 5.94. The van der Waals surface area contributed by atoms with E-state index < -0.39 is 5.54 Å². The standard InChI is InChI=1S/C20H23FN4O2/c21-17-6-4-16(5-7-17)18(26)24-12-8-20(9-13-24,25-11-1-10-23-25)19(27)22-14-15-2-3-15/h1,4-7,10-11,15H,2-3,8-9,12-14H2,(H,22,27). The maximum atomic E-state index is 13.1. The minimum atomic E-state index is -0.766. The second kappa shape index (κ2) is 7.13. The quantitative estimate of drug-likeness (QED) is 0.877. The Hall–Kier alpha value is -2.70. The van der Waals surface area contributed by atoms with Crippen molar-refractivity contribution in [3.8, 4) is 0 Å². The Morgan fingerprint density at radius 1 is 1.19 bits per heavy atom. The lowest BCUT2D eigenvalue weighted by Gasteiger charge is -2.40. The van der Waals surface area contributed by atoms with Gasteiger partial charge >= 0.3 is 0 Å². The number of rotatable bonds is 5. The SMILES string of the molecule is O=C(c1ccc(F)cc1)N1CCC(C(=O)NCC2CC2)(n2cccn2)CC1. The van der Waals surface area contributed by atoms with Gasteiger partial charge in [-0.1, -0.05) is 0 Å². The molecule has 2 aromatic rings. The molecule has 7 heteroatoms. The van der Waals surface area contributed by atoms with E-state index in [0.29, 0.717) is 44.0 Å². The molecule has 0 bridgehead atoms. The van der Waals surface area contributed by atoms with Crippen LogP contribution in [0.5, 0.6) is 0 Å². The second-order valence-electron chi connectivity index (χ2n) is 7.43. The van der Waals surface area contributed by atoms with Crippen molar-refractivity contribution >= 4 is 11.8 Å². The molecule has 1 saturated carbocycles. The molecule has 1 N–H and O–H groups in total. The zero-order chi connectivity index (χ0) is 18.9. The van der Waals surface area contributed by atoms with Crippen LogP contribution in [0.15, 0.2) is 42.7 Å². The van der Waals surface area contributed by atoms with Gasteiger partial charge in [-0.3, -0.25) is 14.3 Å². The first kappa shape index (κ1) is 17.7. The summed E-state index contributed by atoms with van der Waals surface area (Å²) in [5, 5.41) is 7.40. The van der Waals surface area contributed by atoms with Crippen molar-refractivity contribution in [3.63, 3.8) is 0 Å². The highest BCUT2D eigenvalue weighted by Crippen LogP contribution is 2.32. The van der Waals surface area contributed by atoms with E-state index in [1.807, 2.05) is 12.3 Å². The van der Waals surface area contributed by atoms with Crippen LogP contribution in [0, 0.1) is 11.7 Å². The summed E-state index contributed by atoms with van der Waals surface area (Å²) in [4.78, 5) is 27.4. The predicted molar refractivity (Wildman–Crippen MR) is 97.5 cm³/mol. The van der Waals surface area contributed by atoms with Crippen molar-refractivity contribution in [2.24, 2.45) is 5.92 Å². The van der Waals surface area contributed by atoms with Crippen LogP contribution in [-0.4, -0.2) is 46.1 Å². The maximum absolute atomic E-state index is 13.1. The molecule has 142 valence electrons. The summed E-state index contributed by atoms with van der Waals surface area (Å²) in [7, 11) is 0. The van der Waals surface area contributed by atoms with Crippen molar-refractivity contribution in [2.45, 2.75) is 31.2 Å². The van der Waals surface area contributed by atoms with Gasteiger partial charge in [-0.15, -0.1) is 0 Å². The molecule has 1 aromatic heterocycles. The number of aromatic nitrogens is 2. The van der Waals surface area contributed by atoms with Crippen molar-refractivity contribution in [3.05, 3.63) is 54.1 Å². The van der Waals surface area contributed by atoms with E-state index in [9.17, 15) is 14.0 Å². The van der Waals surface area contributed by atoms with Gasteiger partial charge < -0.3 is 10.2 Å². The Kier molecular flexibility index (Phi) is 4.68. The molecule has 0 spiro atoms. The third-order valence-corrected chi connectivity index (χ3v) is 5.58. The number of nitrogens with one attached hydrogen (secondary N) is 1. The topological polar surface area (TPSA) is 67.2 Å². The number of piperidine rings is 1. The predicted octanol–water partition coefficient (Wildman–Crippen LogP) is 2.18. The van der Waals surface area contributed by atoms with E-state index in [1.54, 1.807) is 15.8 Å². The van der Waals surface area contributed by atoms with Crippen molar-refractivity contribution in [1.82, 2.24) is 20.0 Å². The zero-order valence-corrected chi connectivity index (χ0v) is 15.1. The fourth-order valence-electron chi connectivity index (χ4n) is 3.66. The molecule has 1 aliphatic carbocycles. The average Bonchev–Trinajstić information content (AvgIpc) is 3.36. The molecule has 0 radical (unpaired) electrons. The number of likely N-dealkylation sites (tertiary alicyclic amines) is 1. The summed E-state index contributed by atoms with van der Waals surface area (Å²) in [6.45, 7) is 1.61. The van der Waals surface area contributed by atoms with Gasteiger partial charge in [0.05, 0.1) is 0 Å². The van der Waals surface area contributed by atoms with Crippen LogP contribution < -0.4 is 5.32 Å². The fraction of sp³-hybridized carbons (Fsp3) is 0.450. The van der Waals surface area contributed by atoms with Gasteiger partial charge in [-0.25, -0.2) is 4.39 Å². The number of amides is 2. The number of carbonyl (C=O) groups excluding carboxylic acids is 2. The normalized spacial score (nSPS) is 18.9. The first-order chi connectivity index (χ1) is 13.1. The molecular formula is C20H23FN4O2. The van der Waals surface area contributed by atoms with Gasteiger partial charge in [0.15, 0.2) is 0 Å². The molecule has 4 rings (SSSR count). The average molecular weight is 370 g/mol. The molecule has 2 aliphatic rings. The first-order valence-electron chi connectivity index (χ1n) is 9.42. The third kappa shape index (κ3) is 3.59. The van der Waals surface area contributed by atoms with Gasteiger partial charge in [-0.2, -0.15) is 5.10 Å². The van der Waals surface area contributed by atoms with E-state index in [0.717, 1.165) is 0 Å². The van der Waals surface area contributed by atoms with Crippen molar-refractivity contribution in [2.75, 3.05) is 19.6 Å². The van der Waals surface area contributed by atoms with Crippen LogP contribution in [0.25, 0.3) is 0 Å². The molecule has 27 heavy (non-hydrogen) atoms. The molecule has 1 saturated heterocycles. The summed E-state index contributed by atoms with van der Waals surface area (Å²) in [6.07, 6.45) is 6.83. The Balaban J connectivity index is 1.48. The van der Waals surface area contributed by atoms with E-state index >= 15 is 0 Å². The number of benzene rings is 1. The highest BCUT2D eigenvalue weighted by Gasteiger charge is 2.44. The molecular weight excluding hydrogens is 347 g/mol. The highest BCUT2D eigenvalue weighted by atomic mass is 19.1. The van der Waals surface area contributed by atoms with E-state index in [-0.39, 0.29) is 17.6 Å². The van der Waals surface area contributed by atoms with Gasteiger partial charge in [-0.05, 0) is 61.9 Å². The number of carbonyl (C=O) groups is 2. The lowest BCUT2D eigenvalue weighted by molar-refractivity contribution is -0.133. The summed E-state index contributed by atoms with van der Waals surface area (Å²) in [5.41, 5.74) is -0.306. The minimum Gasteiger partial charge on any atom is -0.354 e. The Morgan fingerprint density at radius 3 is 2.48 bits per heavy atom. The zero-order valence-electron chi connectivity index (χ0n) is 15.1. The Bertz CT molecular complexity index is 807. The maximum Gasteiger partial charge on any atom is 0.253 e. The van der Waals surface area contributed by atoms with Crippen LogP contribution >= 0.6 is 0 Å². The van der Waals surface area contributed by atoms with E-state index in [1.165, 1.54) is 37.1 Å². The number of nitrogens with zero attached hydrogens (tertiary/aromatic N) is 3. The molecule has 0 atom stereocenters. The largest absolute Gasteiger partial charge is 0.354 e.